The van der Waals surface area contributed by atoms with Gasteiger partial charge in [-0.25, -0.2) is 4.79 Å². The Balaban J connectivity index is 2.29. The van der Waals surface area contributed by atoms with Crippen LogP contribution in [0, 0.1) is 6.92 Å². The predicted molar refractivity (Wildman–Crippen MR) is 86.1 cm³/mol. The fraction of sp³-hybridized carbons (Fsp3) is 0.533. The van der Waals surface area contributed by atoms with Gasteiger partial charge in [-0.2, -0.15) is 5.10 Å². The molecule has 22 heavy (non-hydrogen) atoms. The molecule has 1 atom stereocenters. The number of ether oxygens (including phenoxy) is 1. The van der Waals surface area contributed by atoms with Crippen LogP contribution in [0.15, 0.2) is 6.07 Å². The van der Waals surface area contributed by atoms with Crippen LogP contribution in [-0.2, 0) is 16.6 Å². The molecule has 2 rings (SSSR count). The van der Waals surface area contributed by atoms with Crippen molar-refractivity contribution >= 4 is 33.4 Å². The van der Waals surface area contributed by atoms with Crippen LogP contribution >= 0.6 is 11.3 Å². The highest BCUT2D eigenvalue weighted by molar-refractivity contribution is 7.20. The minimum Gasteiger partial charge on any atom is -0.467 e. The molecule has 120 valence electrons. The number of fused-ring (bicyclic) bond motifs is 1. The van der Waals surface area contributed by atoms with Crippen LogP contribution in [0.4, 0.5) is 0 Å². The van der Waals surface area contributed by atoms with E-state index in [-0.39, 0.29) is 5.91 Å². The smallest absolute Gasteiger partial charge is 0.331 e. The molecule has 0 bridgehead atoms. The summed E-state index contributed by atoms with van der Waals surface area (Å²) in [6.07, 6.45) is 1.29. The lowest BCUT2D eigenvalue weighted by atomic mass is 9.96. The van der Waals surface area contributed by atoms with E-state index in [1.807, 2.05) is 27.0 Å². The first-order valence-electron chi connectivity index (χ1n) is 7.16. The number of hydrogen-bond acceptors (Lipinski definition) is 5. The van der Waals surface area contributed by atoms with Gasteiger partial charge >= 0.3 is 5.97 Å². The molecule has 0 unspecified atom stereocenters. The van der Waals surface area contributed by atoms with Gasteiger partial charge in [-0.05, 0) is 26.3 Å². The summed E-state index contributed by atoms with van der Waals surface area (Å²) >= 11 is 1.37. The van der Waals surface area contributed by atoms with Crippen molar-refractivity contribution in [1.29, 1.82) is 0 Å². The van der Waals surface area contributed by atoms with Crippen molar-refractivity contribution in [3.63, 3.8) is 0 Å². The lowest BCUT2D eigenvalue weighted by Crippen LogP contribution is -2.52. The lowest BCUT2D eigenvalue weighted by molar-refractivity contribution is -0.147. The zero-order chi connectivity index (χ0) is 16.5. The van der Waals surface area contributed by atoms with Gasteiger partial charge in [0, 0.05) is 12.4 Å². The fourth-order valence-electron chi connectivity index (χ4n) is 2.57. The normalized spacial score (nSPS) is 13.9. The summed E-state index contributed by atoms with van der Waals surface area (Å²) in [7, 11) is 3.18. The highest BCUT2D eigenvalue weighted by Crippen LogP contribution is 2.28. The topological polar surface area (TPSA) is 73.2 Å². The van der Waals surface area contributed by atoms with E-state index in [4.69, 9.17) is 4.74 Å². The maximum absolute atomic E-state index is 12.5. The van der Waals surface area contributed by atoms with Gasteiger partial charge in [-0.1, -0.05) is 13.3 Å². The molecule has 1 amide bonds. The molecule has 6 nitrogen and oxygen atoms in total. The van der Waals surface area contributed by atoms with Crippen LogP contribution in [0.5, 0.6) is 0 Å². The molecule has 7 heteroatoms. The molecule has 0 saturated heterocycles. The van der Waals surface area contributed by atoms with E-state index in [1.54, 1.807) is 11.6 Å². The van der Waals surface area contributed by atoms with Gasteiger partial charge in [-0.15, -0.1) is 11.3 Å². The monoisotopic (exact) mass is 323 g/mol. The Bertz CT molecular complexity index is 685. The molecule has 0 aliphatic heterocycles. The number of hydrogen-bond donors (Lipinski definition) is 1. The van der Waals surface area contributed by atoms with E-state index in [9.17, 15) is 9.59 Å². The molecular weight excluding hydrogens is 302 g/mol. The molecule has 0 aliphatic carbocycles. The van der Waals surface area contributed by atoms with Crippen molar-refractivity contribution in [2.24, 2.45) is 7.05 Å². The van der Waals surface area contributed by atoms with Crippen LogP contribution in [0.2, 0.25) is 0 Å². The van der Waals surface area contributed by atoms with Gasteiger partial charge in [0.05, 0.1) is 17.7 Å². The van der Waals surface area contributed by atoms with Crippen molar-refractivity contribution in [2.45, 2.75) is 39.2 Å². The van der Waals surface area contributed by atoms with E-state index in [1.165, 1.54) is 18.4 Å². The molecular formula is C15H21N3O3S. The van der Waals surface area contributed by atoms with Crippen LogP contribution in [0.1, 0.15) is 42.1 Å². The number of carbonyl (C=O) groups excluding carboxylic acids is 2. The van der Waals surface area contributed by atoms with Crippen molar-refractivity contribution in [3.8, 4) is 0 Å². The quantitative estimate of drug-likeness (QED) is 0.858. The molecule has 1 N–H and O–H groups in total. The molecule has 2 aromatic heterocycles. The predicted octanol–water partition coefficient (Wildman–Crippen LogP) is 2.40. The second-order valence-electron chi connectivity index (χ2n) is 5.57. The first-order valence-corrected chi connectivity index (χ1v) is 7.98. The first-order chi connectivity index (χ1) is 10.3. The van der Waals surface area contributed by atoms with Crippen LogP contribution in [0.25, 0.3) is 10.2 Å². The van der Waals surface area contributed by atoms with Crippen molar-refractivity contribution in [2.75, 3.05) is 7.11 Å². The van der Waals surface area contributed by atoms with Gasteiger partial charge in [0.1, 0.15) is 10.4 Å². The Kier molecular flexibility index (Phi) is 4.55. The second-order valence-corrected chi connectivity index (χ2v) is 6.60. The number of thiophene rings is 1. The second kappa shape index (κ2) is 6.08. The Hall–Kier alpha value is -1.89. The van der Waals surface area contributed by atoms with Gasteiger partial charge < -0.3 is 10.1 Å². The van der Waals surface area contributed by atoms with E-state index in [0.29, 0.717) is 11.3 Å². The number of aryl methyl sites for hydroxylation is 2. The van der Waals surface area contributed by atoms with E-state index >= 15 is 0 Å². The van der Waals surface area contributed by atoms with E-state index < -0.39 is 11.5 Å². The summed E-state index contributed by atoms with van der Waals surface area (Å²) in [5, 5.41) is 8.10. The van der Waals surface area contributed by atoms with Crippen molar-refractivity contribution < 1.29 is 14.3 Å². The first kappa shape index (κ1) is 16.5. The summed E-state index contributed by atoms with van der Waals surface area (Å²) in [6.45, 7) is 5.56. The number of methoxy groups -OCH3 is 1. The van der Waals surface area contributed by atoms with Gasteiger partial charge in [0.25, 0.3) is 5.91 Å². The Morgan fingerprint density at radius 3 is 2.73 bits per heavy atom. The summed E-state index contributed by atoms with van der Waals surface area (Å²) in [6, 6.07) is 1.82. The number of esters is 1. The molecule has 0 aromatic carbocycles. The highest BCUT2D eigenvalue weighted by Gasteiger charge is 2.35. The SMILES string of the molecule is CCC[C@@](C)(NC(=O)c1cc2c(C)nn(C)c2s1)C(=O)OC. The number of amides is 1. The van der Waals surface area contributed by atoms with Crippen LogP contribution in [0.3, 0.4) is 0 Å². The average Bonchev–Trinajstić information content (AvgIpc) is 3.01. The Morgan fingerprint density at radius 1 is 1.50 bits per heavy atom. The van der Waals surface area contributed by atoms with E-state index in [0.717, 1.165) is 22.3 Å². The molecule has 0 saturated carbocycles. The van der Waals surface area contributed by atoms with E-state index in [2.05, 4.69) is 10.4 Å². The molecule has 0 fully saturated rings. The number of nitrogens with zero attached hydrogens (tertiary/aromatic N) is 2. The third-order valence-corrected chi connectivity index (χ3v) is 4.90. The summed E-state index contributed by atoms with van der Waals surface area (Å²) < 4.78 is 6.58. The number of rotatable bonds is 5. The zero-order valence-corrected chi connectivity index (χ0v) is 14.3. The standard InChI is InChI=1S/C15H21N3O3S/c1-6-7-15(3,14(20)21-5)16-12(19)11-8-10-9(2)17-18(4)13(10)22-11/h8H,6-7H2,1-5H3,(H,16,19)/t15-/m1/s1. The Morgan fingerprint density at radius 2 is 2.18 bits per heavy atom. The molecule has 0 spiro atoms. The molecule has 2 heterocycles. The average molecular weight is 323 g/mol. The summed E-state index contributed by atoms with van der Waals surface area (Å²) in [4.78, 5) is 26.0. The minimum absolute atomic E-state index is 0.262. The lowest BCUT2D eigenvalue weighted by Gasteiger charge is -2.27. The Labute approximate surface area is 133 Å². The maximum Gasteiger partial charge on any atom is 0.331 e. The molecule has 0 aliphatic rings. The zero-order valence-electron chi connectivity index (χ0n) is 13.5. The van der Waals surface area contributed by atoms with Gasteiger partial charge in [-0.3, -0.25) is 9.48 Å². The third-order valence-electron chi connectivity index (χ3n) is 3.70. The van der Waals surface area contributed by atoms with Crippen LogP contribution < -0.4 is 5.32 Å². The summed E-state index contributed by atoms with van der Waals surface area (Å²) in [5.41, 5.74) is -0.124. The number of aromatic nitrogens is 2. The van der Waals surface area contributed by atoms with Crippen LogP contribution in [-0.4, -0.2) is 34.3 Å². The number of nitrogens with one attached hydrogen (secondary N) is 1. The number of carbonyl (C=O) groups is 2. The van der Waals surface area contributed by atoms with Gasteiger partial charge in [0.15, 0.2) is 0 Å². The van der Waals surface area contributed by atoms with Crippen molar-refractivity contribution in [3.05, 3.63) is 16.6 Å². The highest BCUT2D eigenvalue weighted by atomic mass is 32.1. The fourth-order valence-corrected chi connectivity index (χ4v) is 3.59. The molecule has 0 radical (unpaired) electrons. The minimum atomic E-state index is -1.01. The third kappa shape index (κ3) is 2.85. The largest absolute Gasteiger partial charge is 0.467 e. The van der Waals surface area contributed by atoms with Crippen molar-refractivity contribution in [1.82, 2.24) is 15.1 Å². The summed E-state index contributed by atoms with van der Waals surface area (Å²) in [5.74, 6) is -0.691. The molecule has 2 aromatic rings. The van der Waals surface area contributed by atoms with Gasteiger partial charge in [0.2, 0.25) is 0 Å². The maximum atomic E-state index is 12.5.